The molecule has 3 nitrogen and oxygen atoms in total. The Kier molecular flexibility index (Phi) is 3.07. The molecule has 0 radical (unpaired) electrons. The fourth-order valence-corrected chi connectivity index (χ4v) is 2.51. The number of aromatic nitrogens is 1. The fourth-order valence-electron chi connectivity index (χ4n) is 2.22. The molecule has 1 aromatic heterocycles. The lowest BCUT2D eigenvalue weighted by atomic mass is 10.1. The van der Waals surface area contributed by atoms with Crippen molar-refractivity contribution in [2.24, 2.45) is 4.99 Å². The van der Waals surface area contributed by atoms with Gasteiger partial charge in [-0.2, -0.15) is 0 Å². The maximum atomic E-state index is 6.33. The van der Waals surface area contributed by atoms with Crippen LogP contribution in [-0.4, -0.2) is 23.5 Å². The molecule has 0 spiro atoms. The van der Waals surface area contributed by atoms with Gasteiger partial charge in [0.2, 0.25) is 0 Å². The van der Waals surface area contributed by atoms with Crippen LogP contribution < -0.4 is 5.32 Å². The third-order valence-corrected chi connectivity index (χ3v) is 3.34. The van der Waals surface area contributed by atoms with Gasteiger partial charge in [-0.15, -0.1) is 0 Å². The van der Waals surface area contributed by atoms with Gasteiger partial charge in [0.25, 0.3) is 0 Å². The van der Waals surface area contributed by atoms with Gasteiger partial charge in [-0.25, -0.2) is 0 Å². The zero-order valence-electron chi connectivity index (χ0n) is 9.94. The molecule has 4 heteroatoms. The third kappa shape index (κ3) is 2.14. The summed E-state index contributed by atoms with van der Waals surface area (Å²) in [5, 5.41) is 4.06. The van der Waals surface area contributed by atoms with Crippen molar-refractivity contribution in [2.45, 2.75) is 6.42 Å². The lowest BCUT2D eigenvalue weighted by Crippen LogP contribution is -2.21. The van der Waals surface area contributed by atoms with Gasteiger partial charge >= 0.3 is 0 Å². The van der Waals surface area contributed by atoms with Gasteiger partial charge in [-0.05, 0) is 23.8 Å². The molecule has 0 aliphatic carbocycles. The highest BCUT2D eigenvalue weighted by Gasteiger charge is 2.12. The molecule has 0 amide bonds. The third-order valence-electron chi connectivity index (χ3n) is 3.03. The maximum Gasteiger partial charge on any atom is 0.101 e. The van der Waals surface area contributed by atoms with E-state index in [1.54, 1.807) is 0 Å². The minimum Gasteiger partial charge on any atom is -0.372 e. The zero-order valence-corrected chi connectivity index (χ0v) is 10.7. The number of para-hydroxylation sites is 1. The van der Waals surface area contributed by atoms with E-state index in [4.69, 9.17) is 11.6 Å². The molecule has 0 unspecified atom stereocenters. The Morgan fingerprint density at radius 1 is 1.22 bits per heavy atom. The summed E-state index contributed by atoms with van der Waals surface area (Å²) in [6, 6.07) is 10.0. The standard InChI is InChI=1S/C14H14ClN3/c15-12-5-3-4-11(10-13-16-6-7-17-13)14(12)18-8-1-2-9-18/h1-5,8-9H,6-7,10H2,(H,16,17). The molecular formula is C14H14ClN3. The topological polar surface area (TPSA) is 29.3 Å². The summed E-state index contributed by atoms with van der Waals surface area (Å²) in [5.74, 6) is 1.05. The quantitative estimate of drug-likeness (QED) is 0.902. The smallest absolute Gasteiger partial charge is 0.101 e. The summed E-state index contributed by atoms with van der Waals surface area (Å²) in [7, 11) is 0. The van der Waals surface area contributed by atoms with Gasteiger partial charge in [0.05, 0.1) is 17.3 Å². The van der Waals surface area contributed by atoms with E-state index in [9.17, 15) is 0 Å². The van der Waals surface area contributed by atoms with Crippen molar-refractivity contribution in [3.8, 4) is 5.69 Å². The van der Waals surface area contributed by atoms with Crippen molar-refractivity contribution in [1.82, 2.24) is 9.88 Å². The van der Waals surface area contributed by atoms with Crippen LogP contribution in [0.4, 0.5) is 0 Å². The second-order valence-corrected chi connectivity index (χ2v) is 4.68. The van der Waals surface area contributed by atoms with Crippen molar-refractivity contribution in [2.75, 3.05) is 13.1 Å². The Hall–Kier alpha value is -1.74. The minimum atomic E-state index is 0.766. The molecule has 1 aliphatic rings. The van der Waals surface area contributed by atoms with Crippen molar-refractivity contribution in [3.05, 3.63) is 53.3 Å². The van der Waals surface area contributed by atoms with Crippen LogP contribution in [0.2, 0.25) is 5.02 Å². The predicted molar refractivity (Wildman–Crippen MR) is 74.8 cm³/mol. The molecule has 2 heterocycles. The molecule has 0 bridgehead atoms. The maximum absolute atomic E-state index is 6.33. The van der Waals surface area contributed by atoms with E-state index in [-0.39, 0.29) is 0 Å². The molecule has 1 aliphatic heterocycles. The zero-order chi connectivity index (χ0) is 12.4. The molecule has 0 fully saturated rings. The summed E-state index contributed by atoms with van der Waals surface area (Å²) in [4.78, 5) is 4.44. The monoisotopic (exact) mass is 259 g/mol. The second kappa shape index (κ2) is 4.86. The van der Waals surface area contributed by atoms with E-state index in [1.807, 2.05) is 41.2 Å². The SMILES string of the molecule is Clc1cccc(CC2=NCCN2)c1-n1cccc1. The van der Waals surface area contributed by atoms with Crippen LogP contribution in [-0.2, 0) is 6.42 Å². The van der Waals surface area contributed by atoms with Gasteiger partial charge in [0.1, 0.15) is 5.84 Å². The van der Waals surface area contributed by atoms with Gasteiger partial charge < -0.3 is 9.88 Å². The van der Waals surface area contributed by atoms with E-state index >= 15 is 0 Å². The molecule has 0 saturated heterocycles. The lowest BCUT2D eigenvalue weighted by molar-refractivity contribution is 0.951. The average molecular weight is 260 g/mol. The van der Waals surface area contributed by atoms with Crippen LogP contribution in [0.1, 0.15) is 5.56 Å². The summed E-state index contributed by atoms with van der Waals surface area (Å²) in [5.41, 5.74) is 2.23. The van der Waals surface area contributed by atoms with Gasteiger partial charge in [0, 0.05) is 25.4 Å². The summed E-state index contributed by atoms with van der Waals surface area (Å²) in [6.07, 6.45) is 4.82. The first-order valence-corrected chi connectivity index (χ1v) is 6.40. The molecular weight excluding hydrogens is 246 g/mol. The molecule has 2 aromatic rings. The number of hydrogen-bond acceptors (Lipinski definition) is 2. The molecule has 1 aromatic carbocycles. The van der Waals surface area contributed by atoms with Crippen LogP contribution in [0.25, 0.3) is 5.69 Å². The van der Waals surface area contributed by atoms with Crippen LogP contribution in [0, 0.1) is 0 Å². The highest BCUT2D eigenvalue weighted by atomic mass is 35.5. The van der Waals surface area contributed by atoms with Crippen molar-refractivity contribution in [3.63, 3.8) is 0 Å². The second-order valence-electron chi connectivity index (χ2n) is 4.27. The van der Waals surface area contributed by atoms with Gasteiger partial charge in [-0.3, -0.25) is 4.99 Å². The Morgan fingerprint density at radius 3 is 2.78 bits per heavy atom. The van der Waals surface area contributed by atoms with Crippen LogP contribution in [0.5, 0.6) is 0 Å². The number of nitrogens with one attached hydrogen (secondary N) is 1. The van der Waals surface area contributed by atoms with Crippen molar-refractivity contribution in [1.29, 1.82) is 0 Å². The van der Waals surface area contributed by atoms with E-state index in [1.165, 1.54) is 5.56 Å². The molecule has 0 atom stereocenters. The largest absolute Gasteiger partial charge is 0.372 e. The Morgan fingerprint density at radius 2 is 2.06 bits per heavy atom. The normalized spacial score (nSPS) is 14.4. The average Bonchev–Trinajstić information content (AvgIpc) is 3.01. The first-order valence-electron chi connectivity index (χ1n) is 6.02. The summed E-state index contributed by atoms with van der Waals surface area (Å²) in [6.45, 7) is 1.81. The van der Waals surface area contributed by atoms with E-state index in [0.717, 1.165) is 36.1 Å². The highest BCUT2D eigenvalue weighted by Crippen LogP contribution is 2.25. The Balaban J connectivity index is 2.01. The van der Waals surface area contributed by atoms with Crippen molar-refractivity contribution >= 4 is 17.4 Å². The molecule has 92 valence electrons. The first kappa shape index (κ1) is 11.4. The minimum absolute atomic E-state index is 0.766. The number of nitrogens with zero attached hydrogens (tertiary/aromatic N) is 2. The van der Waals surface area contributed by atoms with Gasteiger partial charge in [0.15, 0.2) is 0 Å². The first-order chi connectivity index (χ1) is 8.84. The van der Waals surface area contributed by atoms with Crippen LogP contribution in [0.3, 0.4) is 0 Å². The van der Waals surface area contributed by atoms with Crippen LogP contribution in [0.15, 0.2) is 47.7 Å². The number of amidine groups is 1. The van der Waals surface area contributed by atoms with E-state index in [2.05, 4.69) is 16.4 Å². The number of rotatable bonds is 3. The molecule has 1 N–H and O–H groups in total. The van der Waals surface area contributed by atoms with Crippen LogP contribution >= 0.6 is 11.6 Å². The summed E-state index contributed by atoms with van der Waals surface area (Å²) >= 11 is 6.33. The number of benzene rings is 1. The lowest BCUT2D eigenvalue weighted by Gasteiger charge is -2.13. The Labute approximate surface area is 111 Å². The highest BCUT2D eigenvalue weighted by molar-refractivity contribution is 6.32. The number of halogens is 1. The van der Waals surface area contributed by atoms with E-state index in [0.29, 0.717) is 0 Å². The van der Waals surface area contributed by atoms with Gasteiger partial charge in [-0.1, -0.05) is 23.7 Å². The fraction of sp³-hybridized carbons (Fsp3) is 0.214. The molecule has 18 heavy (non-hydrogen) atoms. The molecule has 0 saturated carbocycles. The number of hydrogen-bond donors (Lipinski definition) is 1. The Bertz CT molecular complexity index is 573. The summed E-state index contributed by atoms with van der Waals surface area (Å²) < 4.78 is 2.05. The van der Waals surface area contributed by atoms with Crippen molar-refractivity contribution < 1.29 is 0 Å². The van der Waals surface area contributed by atoms with E-state index < -0.39 is 0 Å². The molecule has 3 rings (SSSR count). The predicted octanol–water partition coefficient (Wildman–Crippen LogP) is 2.67. The number of aliphatic imine (C=N–C) groups is 1.